The summed E-state index contributed by atoms with van der Waals surface area (Å²) in [4.78, 5) is 35.2. The molecule has 0 saturated carbocycles. The molecule has 0 aliphatic rings. The van der Waals surface area contributed by atoms with Gasteiger partial charge in [-0.2, -0.15) is 0 Å². The Kier molecular flexibility index (Phi) is 6.26. The van der Waals surface area contributed by atoms with Crippen LogP contribution in [0.1, 0.15) is 37.8 Å². The first kappa shape index (κ1) is 21.9. The number of carbonyl (C=O) groups is 2. The summed E-state index contributed by atoms with van der Waals surface area (Å²) in [7, 11) is 1.25. The molecule has 8 heteroatoms. The standard InChI is InChI=1S/C25H20O8/c1-15-11-23(26)33-22-12-18(7-9-20(15)22)30-13-16-3-5-17(6-4-16)24(27)31-14-19-8-10-21(32-19)25(28)29-2/h3-12H,13-14H2,1-2H3. The minimum absolute atomic E-state index is 0.0385. The third-order valence-corrected chi connectivity index (χ3v) is 4.91. The van der Waals surface area contributed by atoms with Crippen LogP contribution in [0.4, 0.5) is 0 Å². The van der Waals surface area contributed by atoms with Crippen LogP contribution in [0.25, 0.3) is 11.0 Å². The lowest BCUT2D eigenvalue weighted by Crippen LogP contribution is -2.05. The molecule has 0 aliphatic heterocycles. The fourth-order valence-corrected chi connectivity index (χ4v) is 3.18. The Morgan fingerprint density at radius 1 is 0.879 bits per heavy atom. The van der Waals surface area contributed by atoms with Crippen LogP contribution in [0.3, 0.4) is 0 Å². The van der Waals surface area contributed by atoms with Crippen molar-refractivity contribution in [3.05, 3.63) is 99.3 Å². The van der Waals surface area contributed by atoms with Crippen molar-refractivity contribution in [2.75, 3.05) is 7.11 Å². The summed E-state index contributed by atoms with van der Waals surface area (Å²) in [6, 6.07) is 16.5. The maximum Gasteiger partial charge on any atom is 0.373 e. The second-order valence-electron chi connectivity index (χ2n) is 7.23. The lowest BCUT2D eigenvalue weighted by molar-refractivity contribution is 0.0438. The number of hydrogen-bond acceptors (Lipinski definition) is 8. The van der Waals surface area contributed by atoms with Crippen molar-refractivity contribution in [3.63, 3.8) is 0 Å². The molecule has 8 nitrogen and oxygen atoms in total. The van der Waals surface area contributed by atoms with Crippen molar-refractivity contribution in [1.29, 1.82) is 0 Å². The van der Waals surface area contributed by atoms with Gasteiger partial charge in [0, 0.05) is 17.5 Å². The highest BCUT2D eigenvalue weighted by atomic mass is 16.6. The molecule has 0 atom stereocenters. The van der Waals surface area contributed by atoms with Gasteiger partial charge in [-0.05, 0) is 54.4 Å². The third-order valence-electron chi connectivity index (χ3n) is 4.91. The highest BCUT2D eigenvalue weighted by Gasteiger charge is 2.13. The quantitative estimate of drug-likeness (QED) is 0.302. The molecule has 2 aromatic heterocycles. The van der Waals surface area contributed by atoms with Gasteiger partial charge in [-0.3, -0.25) is 0 Å². The van der Waals surface area contributed by atoms with E-state index in [9.17, 15) is 14.4 Å². The second-order valence-corrected chi connectivity index (χ2v) is 7.23. The Hall–Kier alpha value is -4.33. The first-order valence-electron chi connectivity index (χ1n) is 10.0. The number of methoxy groups -OCH3 is 1. The molecule has 2 heterocycles. The monoisotopic (exact) mass is 448 g/mol. The number of aryl methyl sites for hydroxylation is 1. The first-order valence-corrected chi connectivity index (χ1v) is 10.0. The molecule has 0 unspecified atom stereocenters. The maximum absolute atomic E-state index is 12.3. The summed E-state index contributed by atoms with van der Waals surface area (Å²) in [5, 5.41) is 0.848. The fraction of sp³-hybridized carbons (Fsp3) is 0.160. The molecule has 0 bridgehead atoms. The van der Waals surface area contributed by atoms with Gasteiger partial charge in [0.05, 0.1) is 12.7 Å². The van der Waals surface area contributed by atoms with Crippen molar-refractivity contribution in [2.24, 2.45) is 0 Å². The number of ether oxygens (including phenoxy) is 3. The lowest BCUT2D eigenvalue weighted by Gasteiger charge is -2.08. The molecule has 0 fully saturated rings. The summed E-state index contributed by atoms with van der Waals surface area (Å²) in [6.07, 6.45) is 0. The van der Waals surface area contributed by atoms with Gasteiger partial charge in [0.25, 0.3) is 0 Å². The van der Waals surface area contributed by atoms with E-state index in [1.807, 2.05) is 13.0 Å². The molecule has 0 saturated heterocycles. The number of rotatable bonds is 7. The van der Waals surface area contributed by atoms with Gasteiger partial charge in [0.1, 0.15) is 30.3 Å². The van der Waals surface area contributed by atoms with E-state index in [2.05, 4.69) is 4.74 Å². The van der Waals surface area contributed by atoms with Gasteiger partial charge in [-0.15, -0.1) is 0 Å². The molecule has 4 aromatic rings. The van der Waals surface area contributed by atoms with Crippen LogP contribution >= 0.6 is 0 Å². The number of esters is 2. The Morgan fingerprint density at radius 2 is 1.67 bits per heavy atom. The Balaban J connectivity index is 1.34. The van der Waals surface area contributed by atoms with Gasteiger partial charge in [0.15, 0.2) is 0 Å². The van der Waals surface area contributed by atoms with E-state index in [0.29, 0.717) is 22.7 Å². The molecule has 0 radical (unpaired) electrons. The largest absolute Gasteiger partial charge is 0.489 e. The summed E-state index contributed by atoms with van der Waals surface area (Å²) in [5.41, 5.74) is 2.10. The summed E-state index contributed by atoms with van der Waals surface area (Å²) in [6.45, 7) is 2.00. The Morgan fingerprint density at radius 3 is 2.42 bits per heavy atom. The molecule has 0 spiro atoms. The van der Waals surface area contributed by atoms with Crippen molar-refractivity contribution in [2.45, 2.75) is 20.1 Å². The Bertz CT molecular complexity index is 1360. The minimum Gasteiger partial charge on any atom is -0.489 e. The van der Waals surface area contributed by atoms with Gasteiger partial charge < -0.3 is 23.0 Å². The predicted molar refractivity (Wildman–Crippen MR) is 117 cm³/mol. The van der Waals surface area contributed by atoms with E-state index in [0.717, 1.165) is 16.5 Å². The van der Waals surface area contributed by atoms with Crippen LogP contribution in [0.2, 0.25) is 0 Å². The fourth-order valence-electron chi connectivity index (χ4n) is 3.18. The predicted octanol–water partition coefficient (Wildman–Crippen LogP) is 4.42. The zero-order valence-electron chi connectivity index (χ0n) is 18.0. The molecule has 0 amide bonds. The van der Waals surface area contributed by atoms with E-state index < -0.39 is 17.6 Å². The normalized spacial score (nSPS) is 10.7. The topological polar surface area (TPSA) is 105 Å². The van der Waals surface area contributed by atoms with E-state index in [1.165, 1.54) is 19.2 Å². The molecular formula is C25H20O8. The van der Waals surface area contributed by atoms with E-state index >= 15 is 0 Å². The molecule has 2 aromatic carbocycles. The SMILES string of the molecule is COC(=O)c1ccc(COC(=O)c2ccc(COc3ccc4c(C)cc(=O)oc4c3)cc2)o1. The molecule has 33 heavy (non-hydrogen) atoms. The molecule has 0 N–H and O–H groups in total. The van der Waals surface area contributed by atoms with Crippen LogP contribution in [-0.2, 0) is 22.7 Å². The van der Waals surface area contributed by atoms with Crippen LogP contribution < -0.4 is 10.4 Å². The van der Waals surface area contributed by atoms with Crippen molar-refractivity contribution < 1.29 is 32.6 Å². The minimum atomic E-state index is -0.603. The summed E-state index contributed by atoms with van der Waals surface area (Å²) < 4.78 is 26.1. The number of benzene rings is 2. The smallest absolute Gasteiger partial charge is 0.373 e. The molecule has 4 rings (SSSR count). The molecule has 0 aliphatic carbocycles. The van der Waals surface area contributed by atoms with E-state index in [4.69, 9.17) is 18.3 Å². The number of hydrogen-bond donors (Lipinski definition) is 0. The highest BCUT2D eigenvalue weighted by molar-refractivity contribution is 5.89. The van der Waals surface area contributed by atoms with Gasteiger partial charge >= 0.3 is 17.6 Å². The zero-order chi connectivity index (χ0) is 23.4. The van der Waals surface area contributed by atoms with Crippen LogP contribution in [0.5, 0.6) is 5.75 Å². The Labute approximate surface area is 188 Å². The molecule has 168 valence electrons. The average Bonchev–Trinajstić information content (AvgIpc) is 3.30. The zero-order valence-corrected chi connectivity index (χ0v) is 18.0. The molecular weight excluding hydrogens is 428 g/mol. The van der Waals surface area contributed by atoms with Crippen LogP contribution in [0.15, 0.2) is 74.3 Å². The van der Waals surface area contributed by atoms with Crippen molar-refractivity contribution in [3.8, 4) is 5.75 Å². The maximum atomic E-state index is 12.3. The van der Waals surface area contributed by atoms with Crippen LogP contribution in [-0.4, -0.2) is 19.0 Å². The van der Waals surface area contributed by atoms with Crippen LogP contribution in [0, 0.1) is 6.92 Å². The highest BCUT2D eigenvalue weighted by Crippen LogP contribution is 2.23. The van der Waals surface area contributed by atoms with E-state index in [1.54, 1.807) is 42.5 Å². The van der Waals surface area contributed by atoms with E-state index in [-0.39, 0.29) is 19.0 Å². The van der Waals surface area contributed by atoms with Gasteiger partial charge in [-0.25, -0.2) is 14.4 Å². The second kappa shape index (κ2) is 9.44. The van der Waals surface area contributed by atoms with Crippen molar-refractivity contribution >= 4 is 22.9 Å². The average molecular weight is 448 g/mol. The third kappa shape index (κ3) is 5.12. The van der Waals surface area contributed by atoms with Crippen molar-refractivity contribution in [1.82, 2.24) is 0 Å². The lowest BCUT2D eigenvalue weighted by atomic mass is 10.1. The van der Waals surface area contributed by atoms with Gasteiger partial charge in [-0.1, -0.05) is 12.1 Å². The first-order chi connectivity index (χ1) is 15.9. The summed E-state index contributed by atoms with van der Waals surface area (Å²) >= 11 is 0. The number of carbonyl (C=O) groups excluding carboxylic acids is 2. The van der Waals surface area contributed by atoms with Gasteiger partial charge in [0.2, 0.25) is 5.76 Å². The summed E-state index contributed by atoms with van der Waals surface area (Å²) in [5.74, 6) is -0.205. The number of furan rings is 1. The number of fused-ring (bicyclic) bond motifs is 1.